The number of nitrogens with zero attached hydrogens (tertiary/aromatic N) is 2. The lowest BCUT2D eigenvalue weighted by atomic mass is 10.2. The molecule has 0 bridgehead atoms. The molecule has 5 nitrogen and oxygen atoms in total. The first-order valence-corrected chi connectivity index (χ1v) is 7.73. The van der Waals surface area contributed by atoms with Crippen LogP contribution in [0, 0.1) is 0 Å². The second-order valence-electron chi connectivity index (χ2n) is 6.07. The molecule has 0 aromatic carbocycles. The molecular formula is C14H27IN4O. The highest BCUT2D eigenvalue weighted by atomic mass is 127. The molecule has 1 unspecified atom stereocenters. The number of aliphatic imine (C=N–C) groups is 1. The van der Waals surface area contributed by atoms with Crippen molar-refractivity contribution in [1.29, 1.82) is 0 Å². The molecule has 6 heteroatoms. The quantitative estimate of drug-likeness (QED) is 0.429. The number of guanidine groups is 1. The monoisotopic (exact) mass is 394 g/mol. The van der Waals surface area contributed by atoms with Crippen LogP contribution in [0.2, 0.25) is 0 Å². The molecule has 0 radical (unpaired) electrons. The number of ether oxygens (including phenoxy) is 1. The number of nitrogens with two attached hydrogens (primary N) is 1. The number of morpholine rings is 1. The first kappa shape index (κ1) is 16.3. The summed E-state index contributed by atoms with van der Waals surface area (Å²) in [6.07, 6.45) is 8.03. The van der Waals surface area contributed by atoms with Gasteiger partial charge in [-0.2, -0.15) is 0 Å². The van der Waals surface area contributed by atoms with E-state index >= 15 is 0 Å². The molecule has 3 N–H and O–H groups in total. The van der Waals surface area contributed by atoms with Crippen LogP contribution in [0.15, 0.2) is 4.99 Å². The fourth-order valence-corrected chi connectivity index (χ4v) is 3.15. The van der Waals surface area contributed by atoms with Crippen LogP contribution in [-0.4, -0.2) is 55.3 Å². The van der Waals surface area contributed by atoms with Crippen LogP contribution in [0.3, 0.4) is 0 Å². The van der Waals surface area contributed by atoms with Crippen molar-refractivity contribution in [3.8, 4) is 0 Å². The molecule has 116 valence electrons. The third-order valence-electron chi connectivity index (χ3n) is 4.41. The van der Waals surface area contributed by atoms with Gasteiger partial charge >= 0.3 is 0 Å². The van der Waals surface area contributed by atoms with E-state index in [0.29, 0.717) is 18.5 Å². The summed E-state index contributed by atoms with van der Waals surface area (Å²) in [6, 6.07) is 1.36. The predicted molar refractivity (Wildman–Crippen MR) is 91.6 cm³/mol. The summed E-state index contributed by atoms with van der Waals surface area (Å²) in [4.78, 5) is 7.00. The van der Waals surface area contributed by atoms with Gasteiger partial charge in [0.1, 0.15) is 0 Å². The molecule has 0 amide bonds. The van der Waals surface area contributed by atoms with E-state index < -0.39 is 0 Å². The number of halogens is 1. The lowest BCUT2D eigenvalue weighted by molar-refractivity contribution is -0.0259. The van der Waals surface area contributed by atoms with Gasteiger partial charge in [-0.15, -0.1) is 24.0 Å². The van der Waals surface area contributed by atoms with Crippen molar-refractivity contribution in [3.05, 3.63) is 0 Å². The second-order valence-corrected chi connectivity index (χ2v) is 6.07. The van der Waals surface area contributed by atoms with Crippen LogP contribution >= 0.6 is 24.0 Å². The Morgan fingerprint density at radius 2 is 2.00 bits per heavy atom. The molecule has 0 spiro atoms. The Labute approximate surface area is 138 Å². The van der Waals surface area contributed by atoms with Crippen molar-refractivity contribution in [2.45, 2.75) is 56.7 Å². The van der Waals surface area contributed by atoms with Crippen molar-refractivity contribution in [2.75, 3.05) is 26.2 Å². The van der Waals surface area contributed by atoms with Crippen molar-refractivity contribution in [1.82, 2.24) is 10.2 Å². The summed E-state index contributed by atoms with van der Waals surface area (Å²) < 4.78 is 5.77. The van der Waals surface area contributed by atoms with Gasteiger partial charge in [0, 0.05) is 25.2 Å². The summed E-state index contributed by atoms with van der Waals surface area (Å²) in [7, 11) is 0. The number of rotatable bonds is 4. The molecule has 1 atom stereocenters. The van der Waals surface area contributed by atoms with Crippen molar-refractivity contribution in [3.63, 3.8) is 0 Å². The Morgan fingerprint density at radius 1 is 1.25 bits per heavy atom. The number of hydrogen-bond acceptors (Lipinski definition) is 3. The van der Waals surface area contributed by atoms with Crippen LogP contribution in [0.4, 0.5) is 0 Å². The van der Waals surface area contributed by atoms with Gasteiger partial charge in [-0.1, -0.05) is 12.8 Å². The van der Waals surface area contributed by atoms with Gasteiger partial charge in [0.05, 0.1) is 19.3 Å². The highest BCUT2D eigenvalue weighted by molar-refractivity contribution is 14.0. The Hall–Kier alpha value is -0.0800. The third kappa shape index (κ3) is 4.73. The van der Waals surface area contributed by atoms with Crippen molar-refractivity contribution in [2.24, 2.45) is 10.7 Å². The normalized spacial score (nSPS) is 29.2. The van der Waals surface area contributed by atoms with Gasteiger partial charge in [0.2, 0.25) is 0 Å². The summed E-state index contributed by atoms with van der Waals surface area (Å²) in [5, 5.41) is 3.32. The number of hydrogen-bond donors (Lipinski definition) is 2. The molecule has 0 aromatic heterocycles. The minimum Gasteiger partial charge on any atom is -0.374 e. The Bertz CT molecular complexity index is 329. The van der Waals surface area contributed by atoms with E-state index in [0.717, 1.165) is 25.7 Å². The topological polar surface area (TPSA) is 62.9 Å². The Kier molecular flexibility index (Phi) is 6.35. The zero-order chi connectivity index (χ0) is 13.1. The zero-order valence-electron chi connectivity index (χ0n) is 12.1. The van der Waals surface area contributed by atoms with E-state index in [2.05, 4.69) is 15.2 Å². The standard InChI is InChI=1S/C14H26N4O.HI/c15-14(17-11-3-1-2-4-11)16-9-13-10-18(7-8-19-13)12-5-6-12;/h11-13H,1-10H2,(H3,15,16,17);1H. The third-order valence-corrected chi connectivity index (χ3v) is 4.41. The second kappa shape index (κ2) is 7.79. The molecule has 1 heterocycles. The van der Waals surface area contributed by atoms with Crippen molar-refractivity contribution >= 4 is 29.9 Å². The molecule has 1 aliphatic heterocycles. The molecule has 2 aliphatic carbocycles. The van der Waals surface area contributed by atoms with E-state index in [-0.39, 0.29) is 30.1 Å². The highest BCUT2D eigenvalue weighted by Gasteiger charge is 2.32. The average molecular weight is 394 g/mol. The summed E-state index contributed by atoms with van der Waals surface area (Å²) in [5.41, 5.74) is 5.95. The van der Waals surface area contributed by atoms with Gasteiger partial charge in [0.15, 0.2) is 5.96 Å². The molecule has 3 rings (SSSR count). The minimum absolute atomic E-state index is 0. The van der Waals surface area contributed by atoms with Gasteiger partial charge in [-0.25, -0.2) is 0 Å². The highest BCUT2D eigenvalue weighted by Crippen LogP contribution is 2.28. The van der Waals surface area contributed by atoms with Crippen molar-refractivity contribution < 1.29 is 4.74 Å². The van der Waals surface area contributed by atoms with E-state index in [4.69, 9.17) is 10.5 Å². The van der Waals surface area contributed by atoms with Crippen LogP contribution in [0.25, 0.3) is 0 Å². The fourth-order valence-electron chi connectivity index (χ4n) is 3.15. The Balaban J connectivity index is 0.00000147. The maximum absolute atomic E-state index is 5.95. The van der Waals surface area contributed by atoms with Crippen LogP contribution in [0.1, 0.15) is 38.5 Å². The molecular weight excluding hydrogens is 367 g/mol. The molecule has 0 aromatic rings. The van der Waals surface area contributed by atoms with Crippen LogP contribution < -0.4 is 11.1 Å². The van der Waals surface area contributed by atoms with Crippen LogP contribution in [0.5, 0.6) is 0 Å². The zero-order valence-corrected chi connectivity index (χ0v) is 14.4. The van der Waals surface area contributed by atoms with Crippen LogP contribution in [-0.2, 0) is 4.74 Å². The lowest BCUT2D eigenvalue weighted by Crippen LogP contribution is -2.45. The van der Waals surface area contributed by atoms with Gasteiger partial charge < -0.3 is 15.8 Å². The SMILES string of the molecule is I.NC(=NCC1CN(C2CC2)CCO1)NC1CCCC1. The van der Waals surface area contributed by atoms with E-state index in [1.165, 1.54) is 38.5 Å². The molecule has 20 heavy (non-hydrogen) atoms. The smallest absolute Gasteiger partial charge is 0.188 e. The predicted octanol–water partition coefficient (Wildman–Crippen LogP) is 1.31. The average Bonchev–Trinajstić information content (AvgIpc) is 3.16. The molecule has 2 saturated carbocycles. The summed E-state index contributed by atoms with van der Waals surface area (Å²) in [5.74, 6) is 0.596. The summed E-state index contributed by atoms with van der Waals surface area (Å²) >= 11 is 0. The van der Waals surface area contributed by atoms with E-state index in [1.54, 1.807) is 0 Å². The first-order valence-electron chi connectivity index (χ1n) is 7.73. The summed E-state index contributed by atoms with van der Waals surface area (Å²) in [6.45, 7) is 3.63. The largest absolute Gasteiger partial charge is 0.374 e. The van der Waals surface area contributed by atoms with E-state index in [9.17, 15) is 0 Å². The lowest BCUT2D eigenvalue weighted by Gasteiger charge is -2.32. The van der Waals surface area contributed by atoms with Gasteiger partial charge in [0.25, 0.3) is 0 Å². The minimum atomic E-state index is 0. The fraction of sp³-hybridized carbons (Fsp3) is 0.929. The number of nitrogens with one attached hydrogen (secondary N) is 1. The molecule has 1 saturated heterocycles. The van der Waals surface area contributed by atoms with Gasteiger partial charge in [-0.05, 0) is 25.7 Å². The maximum Gasteiger partial charge on any atom is 0.188 e. The first-order chi connectivity index (χ1) is 9.31. The maximum atomic E-state index is 5.95. The van der Waals surface area contributed by atoms with Gasteiger partial charge in [-0.3, -0.25) is 9.89 Å². The molecule has 3 fully saturated rings. The molecule has 3 aliphatic rings. The Morgan fingerprint density at radius 3 is 2.70 bits per heavy atom. The van der Waals surface area contributed by atoms with E-state index in [1.807, 2.05) is 0 Å².